The molecular weight excluding hydrogens is 242 g/mol. The van der Waals surface area contributed by atoms with Gasteiger partial charge in [-0.3, -0.25) is 0 Å². The second-order valence-electron chi connectivity index (χ2n) is 5.53. The molecule has 0 bridgehead atoms. The molecule has 1 aromatic heterocycles. The first-order valence-electron chi connectivity index (χ1n) is 7.30. The summed E-state index contributed by atoms with van der Waals surface area (Å²) in [7, 11) is 0. The fourth-order valence-electron chi connectivity index (χ4n) is 3.26. The van der Waals surface area contributed by atoms with Gasteiger partial charge >= 0.3 is 0 Å². The van der Waals surface area contributed by atoms with E-state index in [9.17, 15) is 0 Å². The van der Waals surface area contributed by atoms with Crippen LogP contribution in [0.15, 0.2) is 11.4 Å². The van der Waals surface area contributed by atoms with Gasteiger partial charge in [-0.05, 0) is 55.5 Å². The van der Waals surface area contributed by atoms with E-state index in [2.05, 4.69) is 23.7 Å². The molecule has 2 aliphatic rings. The van der Waals surface area contributed by atoms with Gasteiger partial charge in [0, 0.05) is 23.6 Å². The highest BCUT2D eigenvalue weighted by Gasteiger charge is 2.27. The van der Waals surface area contributed by atoms with Gasteiger partial charge in [0.15, 0.2) is 0 Å². The number of hydrogen-bond donors (Lipinski definition) is 1. The van der Waals surface area contributed by atoms with Crippen molar-refractivity contribution in [1.82, 2.24) is 5.32 Å². The maximum atomic E-state index is 5.76. The molecule has 0 aromatic carbocycles. The Bertz CT molecular complexity index is 390. The van der Waals surface area contributed by atoms with Gasteiger partial charge in [0.2, 0.25) is 0 Å². The van der Waals surface area contributed by atoms with Crippen molar-refractivity contribution in [2.75, 3.05) is 6.61 Å². The smallest absolute Gasteiger partial charge is 0.0587 e. The van der Waals surface area contributed by atoms with Gasteiger partial charge in [0.1, 0.15) is 0 Å². The number of aryl methyl sites for hydroxylation is 1. The monoisotopic (exact) mass is 265 g/mol. The first-order chi connectivity index (χ1) is 8.86. The summed E-state index contributed by atoms with van der Waals surface area (Å²) in [6.07, 6.45) is 7.91. The molecule has 0 saturated carbocycles. The van der Waals surface area contributed by atoms with Crippen molar-refractivity contribution in [2.24, 2.45) is 0 Å². The summed E-state index contributed by atoms with van der Waals surface area (Å²) in [6, 6.07) is 3.58. The van der Waals surface area contributed by atoms with Gasteiger partial charge < -0.3 is 10.1 Å². The van der Waals surface area contributed by atoms with E-state index in [-0.39, 0.29) is 0 Å². The van der Waals surface area contributed by atoms with Crippen LogP contribution in [0.2, 0.25) is 0 Å². The summed E-state index contributed by atoms with van der Waals surface area (Å²) in [4.78, 5) is 1.61. The van der Waals surface area contributed by atoms with Crippen LogP contribution in [0, 0.1) is 0 Å². The quantitative estimate of drug-likeness (QED) is 0.900. The van der Waals surface area contributed by atoms with Crippen LogP contribution in [0.1, 0.15) is 55.5 Å². The maximum absolute atomic E-state index is 5.76. The van der Waals surface area contributed by atoms with E-state index in [1.807, 2.05) is 11.3 Å². The zero-order valence-corrected chi connectivity index (χ0v) is 12.0. The molecule has 1 aromatic rings. The second-order valence-corrected chi connectivity index (χ2v) is 6.53. The minimum absolute atomic E-state index is 0.474. The standard InChI is InChI=1S/C15H23NOS/c1-2-12-10-11(6-8-17-12)16-14-4-3-5-15-13(14)7-9-18-15/h7,9,11-12,14,16H,2-6,8,10H2,1H3. The van der Waals surface area contributed by atoms with Gasteiger partial charge in [-0.1, -0.05) is 6.92 Å². The lowest BCUT2D eigenvalue weighted by Gasteiger charge is -2.34. The minimum atomic E-state index is 0.474. The van der Waals surface area contributed by atoms with Crippen LogP contribution in [-0.2, 0) is 11.2 Å². The molecule has 100 valence electrons. The zero-order valence-electron chi connectivity index (χ0n) is 11.2. The first-order valence-corrected chi connectivity index (χ1v) is 8.18. The summed E-state index contributed by atoms with van der Waals surface area (Å²) in [5.41, 5.74) is 1.57. The molecule has 1 aliphatic heterocycles. The molecule has 3 unspecified atom stereocenters. The number of fused-ring (bicyclic) bond motifs is 1. The van der Waals surface area contributed by atoms with E-state index in [1.54, 1.807) is 10.4 Å². The Morgan fingerprint density at radius 2 is 2.39 bits per heavy atom. The van der Waals surface area contributed by atoms with Crippen LogP contribution in [0.3, 0.4) is 0 Å². The van der Waals surface area contributed by atoms with Crippen LogP contribution < -0.4 is 5.32 Å². The number of rotatable bonds is 3. The Balaban J connectivity index is 1.64. The third-order valence-electron chi connectivity index (χ3n) is 4.31. The topological polar surface area (TPSA) is 21.3 Å². The average molecular weight is 265 g/mol. The van der Waals surface area contributed by atoms with Crippen LogP contribution in [0.4, 0.5) is 0 Å². The molecule has 0 radical (unpaired) electrons. The Hall–Kier alpha value is -0.380. The summed E-state index contributed by atoms with van der Waals surface area (Å²) >= 11 is 1.93. The van der Waals surface area contributed by atoms with Crippen molar-refractivity contribution in [3.05, 3.63) is 21.9 Å². The highest BCUT2D eigenvalue weighted by molar-refractivity contribution is 7.10. The van der Waals surface area contributed by atoms with E-state index in [0.717, 1.165) is 13.0 Å². The molecule has 2 nitrogen and oxygen atoms in total. The van der Waals surface area contributed by atoms with Gasteiger partial charge in [0.05, 0.1) is 6.10 Å². The van der Waals surface area contributed by atoms with Crippen LogP contribution >= 0.6 is 11.3 Å². The SMILES string of the molecule is CCC1CC(NC2CCCc3sccc32)CCO1. The predicted molar refractivity (Wildman–Crippen MR) is 76.2 cm³/mol. The number of thiophene rings is 1. The molecule has 18 heavy (non-hydrogen) atoms. The van der Waals surface area contributed by atoms with Crippen molar-refractivity contribution in [3.8, 4) is 0 Å². The predicted octanol–water partition coefficient (Wildman–Crippen LogP) is 3.67. The molecule has 3 heteroatoms. The lowest BCUT2D eigenvalue weighted by molar-refractivity contribution is -0.00234. The van der Waals surface area contributed by atoms with Crippen molar-refractivity contribution in [2.45, 2.75) is 63.6 Å². The summed E-state index contributed by atoms with van der Waals surface area (Å²) in [6.45, 7) is 3.16. The third-order valence-corrected chi connectivity index (χ3v) is 5.31. The van der Waals surface area contributed by atoms with Gasteiger partial charge in [0.25, 0.3) is 0 Å². The average Bonchev–Trinajstić information content (AvgIpc) is 2.88. The van der Waals surface area contributed by atoms with Crippen LogP contribution in [0.25, 0.3) is 0 Å². The molecular formula is C15H23NOS. The third kappa shape index (κ3) is 2.63. The largest absolute Gasteiger partial charge is 0.378 e. The number of ether oxygens (including phenoxy) is 1. The highest BCUT2D eigenvalue weighted by atomic mass is 32.1. The molecule has 0 amide bonds. The van der Waals surface area contributed by atoms with Crippen molar-refractivity contribution in [1.29, 1.82) is 0 Å². The zero-order chi connectivity index (χ0) is 12.4. The maximum Gasteiger partial charge on any atom is 0.0587 e. The fourth-order valence-corrected chi connectivity index (χ4v) is 4.25. The van der Waals surface area contributed by atoms with Gasteiger partial charge in [-0.15, -0.1) is 11.3 Å². The lowest BCUT2D eigenvalue weighted by atomic mass is 9.92. The fraction of sp³-hybridized carbons (Fsp3) is 0.733. The Morgan fingerprint density at radius 1 is 1.44 bits per heavy atom. The molecule has 3 atom stereocenters. The van der Waals surface area contributed by atoms with Gasteiger partial charge in [-0.2, -0.15) is 0 Å². The number of nitrogens with one attached hydrogen (secondary N) is 1. The normalized spacial score (nSPS) is 32.2. The molecule has 1 N–H and O–H groups in total. The molecule has 1 saturated heterocycles. The minimum Gasteiger partial charge on any atom is -0.378 e. The van der Waals surface area contributed by atoms with E-state index >= 15 is 0 Å². The Kier molecular flexibility index (Phi) is 4.02. The lowest BCUT2D eigenvalue weighted by Crippen LogP contribution is -2.41. The molecule has 2 heterocycles. The first kappa shape index (κ1) is 12.6. The van der Waals surface area contributed by atoms with Crippen LogP contribution in [0.5, 0.6) is 0 Å². The summed E-state index contributed by atoms with van der Waals surface area (Å²) in [5, 5.41) is 6.14. The van der Waals surface area contributed by atoms with E-state index in [4.69, 9.17) is 4.74 Å². The molecule has 0 spiro atoms. The van der Waals surface area contributed by atoms with E-state index in [0.29, 0.717) is 18.2 Å². The number of hydrogen-bond acceptors (Lipinski definition) is 3. The van der Waals surface area contributed by atoms with Crippen LogP contribution in [-0.4, -0.2) is 18.8 Å². The van der Waals surface area contributed by atoms with E-state index in [1.165, 1.54) is 32.1 Å². The molecule has 3 rings (SSSR count). The molecule has 1 aliphatic carbocycles. The Labute approximate surface area is 114 Å². The second kappa shape index (κ2) is 5.72. The van der Waals surface area contributed by atoms with Crippen molar-refractivity contribution < 1.29 is 4.74 Å². The van der Waals surface area contributed by atoms with E-state index < -0.39 is 0 Å². The highest BCUT2D eigenvalue weighted by Crippen LogP contribution is 2.34. The summed E-state index contributed by atoms with van der Waals surface area (Å²) < 4.78 is 5.76. The van der Waals surface area contributed by atoms with Gasteiger partial charge in [-0.25, -0.2) is 0 Å². The molecule has 1 fully saturated rings. The Morgan fingerprint density at radius 3 is 3.28 bits per heavy atom. The van der Waals surface area contributed by atoms with Crippen molar-refractivity contribution >= 4 is 11.3 Å². The van der Waals surface area contributed by atoms with Crippen molar-refractivity contribution in [3.63, 3.8) is 0 Å². The summed E-state index contributed by atoms with van der Waals surface area (Å²) in [5.74, 6) is 0.